The summed E-state index contributed by atoms with van der Waals surface area (Å²) in [4.78, 5) is 19.6. The van der Waals surface area contributed by atoms with Gasteiger partial charge >= 0.3 is 0 Å². The monoisotopic (exact) mass is 338 g/mol. The van der Waals surface area contributed by atoms with Crippen LogP contribution in [0.3, 0.4) is 0 Å². The summed E-state index contributed by atoms with van der Waals surface area (Å²) in [5.74, 6) is 0.479. The van der Waals surface area contributed by atoms with Crippen molar-refractivity contribution in [1.82, 2.24) is 9.88 Å². The molecule has 3 nitrogen and oxygen atoms in total. The van der Waals surface area contributed by atoms with Crippen LogP contribution in [0.1, 0.15) is 33.6 Å². The van der Waals surface area contributed by atoms with Crippen molar-refractivity contribution in [3.05, 3.63) is 57.9 Å². The second-order valence-electron chi connectivity index (χ2n) is 6.73. The molecule has 4 heteroatoms. The predicted octanol–water partition coefficient (Wildman–Crippen LogP) is 4.63. The van der Waals surface area contributed by atoms with E-state index in [0.29, 0.717) is 5.78 Å². The summed E-state index contributed by atoms with van der Waals surface area (Å²) in [5, 5.41) is 3.31. The van der Waals surface area contributed by atoms with Crippen molar-refractivity contribution in [1.29, 1.82) is 0 Å². The van der Waals surface area contributed by atoms with E-state index in [0.717, 1.165) is 42.9 Å². The van der Waals surface area contributed by atoms with E-state index >= 15 is 0 Å². The smallest absolute Gasteiger partial charge is 0.177 e. The van der Waals surface area contributed by atoms with Crippen LogP contribution in [-0.4, -0.2) is 28.8 Å². The van der Waals surface area contributed by atoms with Crippen molar-refractivity contribution in [2.24, 2.45) is 5.92 Å². The molecule has 3 aromatic rings. The summed E-state index contributed by atoms with van der Waals surface area (Å²) in [6.07, 6.45) is 4.23. The van der Waals surface area contributed by atoms with Crippen molar-refractivity contribution in [2.75, 3.05) is 13.1 Å². The molecule has 24 heavy (non-hydrogen) atoms. The average molecular weight is 338 g/mol. The number of aromatic nitrogens is 1. The molecular weight excluding hydrogens is 316 g/mol. The number of benzene rings is 1. The highest BCUT2D eigenvalue weighted by Crippen LogP contribution is 2.27. The Balaban J connectivity index is 1.49. The lowest BCUT2D eigenvalue weighted by Gasteiger charge is -2.31. The number of carbonyl (C=O) groups excluding carboxylic acids is 1. The fourth-order valence-corrected chi connectivity index (χ4v) is 4.67. The normalized spacial score (nSPS) is 19.0. The quantitative estimate of drug-likeness (QED) is 0.704. The largest absolute Gasteiger partial charge is 0.361 e. The second-order valence-corrected chi connectivity index (χ2v) is 7.65. The number of piperidine rings is 1. The highest BCUT2D eigenvalue weighted by atomic mass is 32.1. The molecule has 124 valence electrons. The first-order chi connectivity index (χ1) is 11.7. The molecule has 2 aromatic heterocycles. The number of thiophene rings is 1. The number of carbonyl (C=O) groups is 1. The molecule has 1 aliphatic heterocycles. The standard InChI is InChI=1S/C20H22N2OS/c1-14-8-10-24-20(14)19(23)15-5-4-9-22(12-15)13-16-11-21-18-7-3-2-6-17(16)18/h2-3,6-8,10-11,15,21H,4-5,9,12-13H2,1H3/t15-/m0/s1. The van der Waals surface area contributed by atoms with Gasteiger partial charge < -0.3 is 4.98 Å². The molecule has 0 unspecified atom stereocenters. The lowest BCUT2D eigenvalue weighted by atomic mass is 9.92. The molecule has 0 amide bonds. The zero-order valence-corrected chi connectivity index (χ0v) is 14.7. The Kier molecular flexibility index (Phi) is 4.25. The summed E-state index contributed by atoms with van der Waals surface area (Å²) in [6.45, 7) is 4.90. The van der Waals surface area contributed by atoms with Crippen molar-refractivity contribution in [2.45, 2.75) is 26.3 Å². The number of H-pyrrole nitrogens is 1. The van der Waals surface area contributed by atoms with Crippen LogP contribution >= 0.6 is 11.3 Å². The van der Waals surface area contributed by atoms with Crippen molar-refractivity contribution in [3.8, 4) is 0 Å². The molecule has 0 bridgehead atoms. The van der Waals surface area contributed by atoms with Gasteiger partial charge in [0, 0.05) is 36.1 Å². The Morgan fingerprint density at radius 1 is 1.33 bits per heavy atom. The molecule has 3 heterocycles. The second kappa shape index (κ2) is 6.54. The van der Waals surface area contributed by atoms with Crippen molar-refractivity contribution in [3.63, 3.8) is 0 Å². The molecule has 1 atom stereocenters. The van der Waals surface area contributed by atoms with Gasteiger partial charge in [0.1, 0.15) is 0 Å². The lowest BCUT2D eigenvalue weighted by molar-refractivity contribution is 0.0816. The Hall–Kier alpha value is -1.91. The van der Waals surface area contributed by atoms with E-state index in [9.17, 15) is 4.79 Å². The zero-order valence-electron chi connectivity index (χ0n) is 13.9. The molecule has 1 fully saturated rings. The van der Waals surface area contributed by atoms with Gasteiger partial charge in [-0.2, -0.15) is 0 Å². The highest BCUT2D eigenvalue weighted by molar-refractivity contribution is 7.12. The maximum atomic E-state index is 12.8. The van der Waals surface area contributed by atoms with E-state index in [1.807, 2.05) is 18.4 Å². The first kappa shape index (κ1) is 15.6. The van der Waals surface area contributed by atoms with E-state index in [4.69, 9.17) is 0 Å². The van der Waals surface area contributed by atoms with Gasteiger partial charge in [-0.05, 0) is 54.9 Å². The number of likely N-dealkylation sites (tertiary alicyclic amines) is 1. The number of aryl methyl sites for hydroxylation is 1. The van der Waals surface area contributed by atoms with Crippen LogP contribution < -0.4 is 0 Å². The Morgan fingerprint density at radius 2 is 2.21 bits per heavy atom. The van der Waals surface area contributed by atoms with Gasteiger partial charge in [0.25, 0.3) is 0 Å². The number of para-hydroxylation sites is 1. The van der Waals surface area contributed by atoms with Crippen molar-refractivity contribution >= 4 is 28.0 Å². The maximum Gasteiger partial charge on any atom is 0.177 e. The summed E-state index contributed by atoms with van der Waals surface area (Å²) in [5.41, 5.74) is 3.64. The predicted molar refractivity (Wildman–Crippen MR) is 99.7 cm³/mol. The Bertz CT molecular complexity index is 863. The fourth-order valence-electron chi connectivity index (χ4n) is 3.73. The minimum Gasteiger partial charge on any atom is -0.361 e. The Morgan fingerprint density at radius 3 is 3.04 bits per heavy atom. The molecule has 1 N–H and O–H groups in total. The van der Waals surface area contributed by atoms with Crippen LogP contribution in [0.2, 0.25) is 0 Å². The lowest BCUT2D eigenvalue weighted by Crippen LogP contribution is -2.38. The fraction of sp³-hybridized carbons (Fsp3) is 0.350. The first-order valence-corrected chi connectivity index (χ1v) is 9.46. The third kappa shape index (κ3) is 2.92. The average Bonchev–Trinajstić information content (AvgIpc) is 3.21. The molecule has 0 saturated carbocycles. The van der Waals surface area contributed by atoms with E-state index in [2.05, 4.69) is 40.3 Å². The summed E-state index contributed by atoms with van der Waals surface area (Å²) < 4.78 is 0. The Labute approximate surface area is 146 Å². The summed E-state index contributed by atoms with van der Waals surface area (Å²) >= 11 is 1.59. The number of ketones is 1. The van der Waals surface area contributed by atoms with Gasteiger partial charge in [-0.25, -0.2) is 0 Å². The third-order valence-electron chi connectivity index (χ3n) is 5.03. The van der Waals surface area contributed by atoms with Crippen LogP contribution in [-0.2, 0) is 6.54 Å². The summed E-state index contributed by atoms with van der Waals surface area (Å²) in [7, 11) is 0. The van der Waals surface area contributed by atoms with Gasteiger partial charge in [0.2, 0.25) is 0 Å². The van der Waals surface area contributed by atoms with Gasteiger partial charge in [-0.1, -0.05) is 18.2 Å². The molecule has 0 aliphatic carbocycles. The number of rotatable bonds is 4. The van der Waals surface area contributed by atoms with E-state index in [1.54, 1.807) is 11.3 Å². The van der Waals surface area contributed by atoms with Gasteiger partial charge in [-0.15, -0.1) is 11.3 Å². The van der Waals surface area contributed by atoms with Gasteiger partial charge in [0.05, 0.1) is 4.88 Å². The van der Waals surface area contributed by atoms with Crippen LogP contribution in [0.15, 0.2) is 41.9 Å². The third-order valence-corrected chi connectivity index (χ3v) is 6.06. The van der Waals surface area contributed by atoms with Crippen LogP contribution in [0.25, 0.3) is 10.9 Å². The van der Waals surface area contributed by atoms with Gasteiger partial charge in [0.15, 0.2) is 5.78 Å². The number of nitrogens with one attached hydrogen (secondary N) is 1. The first-order valence-electron chi connectivity index (χ1n) is 8.58. The minimum absolute atomic E-state index is 0.140. The van der Waals surface area contributed by atoms with E-state index < -0.39 is 0 Å². The summed E-state index contributed by atoms with van der Waals surface area (Å²) in [6, 6.07) is 10.5. The minimum atomic E-state index is 0.140. The highest BCUT2D eigenvalue weighted by Gasteiger charge is 2.28. The number of Topliss-reactive ketones (excluding diaryl/α,β-unsaturated/α-hetero) is 1. The molecule has 1 saturated heterocycles. The van der Waals surface area contributed by atoms with E-state index in [-0.39, 0.29) is 5.92 Å². The SMILES string of the molecule is Cc1ccsc1C(=O)[C@H]1CCCN(Cc2c[nH]c3ccccc23)C1. The van der Waals surface area contributed by atoms with Crippen LogP contribution in [0, 0.1) is 12.8 Å². The van der Waals surface area contributed by atoms with Crippen molar-refractivity contribution < 1.29 is 4.79 Å². The molecule has 0 spiro atoms. The molecule has 1 aromatic carbocycles. The number of fused-ring (bicyclic) bond motifs is 1. The maximum absolute atomic E-state index is 12.8. The molecule has 0 radical (unpaired) electrons. The van der Waals surface area contributed by atoms with E-state index in [1.165, 1.54) is 16.5 Å². The number of aromatic amines is 1. The van der Waals surface area contributed by atoms with Crippen LogP contribution in [0.5, 0.6) is 0 Å². The van der Waals surface area contributed by atoms with Gasteiger partial charge in [-0.3, -0.25) is 9.69 Å². The molecule has 4 rings (SSSR count). The number of hydrogen-bond acceptors (Lipinski definition) is 3. The number of nitrogens with zero attached hydrogens (tertiary/aromatic N) is 1. The molecular formula is C20H22N2OS. The number of hydrogen-bond donors (Lipinski definition) is 1. The molecule has 1 aliphatic rings. The van der Waals surface area contributed by atoms with Crippen LogP contribution in [0.4, 0.5) is 0 Å². The topological polar surface area (TPSA) is 36.1 Å². The zero-order chi connectivity index (χ0) is 16.5.